The van der Waals surface area contributed by atoms with Gasteiger partial charge in [-0.15, -0.1) is 0 Å². The van der Waals surface area contributed by atoms with Gasteiger partial charge in [-0.2, -0.15) is 0 Å². The normalized spacial score (nSPS) is 16.4. The summed E-state index contributed by atoms with van der Waals surface area (Å²) in [5.41, 5.74) is 1.55. The second-order valence-corrected chi connectivity index (χ2v) is 9.74. The molecule has 1 aliphatic rings. The van der Waals surface area contributed by atoms with Crippen LogP contribution in [-0.2, 0) is 19.4 Å². The Labute approximate surface area is 165 Å². The summed E-state index contributed by atoms with van der Waals surface area (Å²) in [6, 6.07) is 14.0. The third-order valence-electron chi connectivity index (χ3n) is 4.70. The minimum atomic E-state index is -3.30. The topological polar surface area (TPSA) is 69.7 Å². The zero-order valence-electron chi connectivity index (χ0n) is 16.6. The van der Waals surface area contributed by atoms with Crippen LogP contribution in [0.5, 0.6) is 5.75 Å². The molecule has 0 bridgehead atoms. The van der Waals surface area contributed by atoms with E-state index in [0.717, 1.165) is 6.26 Å². The molecule has 2 aromatic rings. The summed E-state index contributed by atoms with van der Waals surface area (Å²) < 4.78 is 34.8. The van der Waals surface area contributed by atoms with Crippen molar-refractivity contribution in [3.63, 3.8) is 0 Å². The van der Waals surface area contributed by atoms with Gasteiger partial charge in [0.1, 0.15) is 11.4 Å². The highest BCUT2D eigenvalue weighted by Gasteiger charge is 2.43. The predicted octanol–water partition coefficient (Wildman–Crippen LogP) is 4.34. The van der Waals surface area contributed by atoms with Gasteiger partial charge in [-0.05, 0) is 55.2 Å². The van der Waals surface area contributed by atoms with E-state index < -0.39 is 21.4 Å². The van der Waals surface area contributed by atoms with Crippen molar-refractivity contribution in [3.05, 3.63) is 65.4 Å². The molecule has 0 saturated carbocycles. The lowest BCUT2D eigenvalue weighted by atomic mass is 9.92. The standard InChI is InChI=1S/C22H24O5S/c1-14(2)15-6-10-17(11-7-15)26-20-19(22(3,4)27-21(20)23)16-8-12-18(13-9-16)28(5,24)25/h6-14H,1-5H3. The molecule has 5 nitrogen and oxygen atoms in total. The Hall–Kier alpha value is -2.60. The van der Waals surface area contributed by atoms with Crippen molar-refractivity contribution < 1.29 is 22.7 Å². The van der Waals surface area contributed by atoms with Crippen LogP contribution in [-0.4, -0.2) is 26.2 Å². The minimum absolute atomic E-state index is 0.120. The molecule has 3 rings (SSSR count). The molecule has 0 spiro atoms. The van der Waals surface area contributed by atoms with Gasteiger partial charge in [-0.25, -0.2) is 13.2 Å². The van der Waals surface area contributed by atoms with Crippen LogP contribution in [0.25, 0.3) is 5.57 Å². The lowest BCUT2D eigenvalue weighted by molar-refractivity contribution is -0.145. The molecule has 0 fully saturated rings. The van der Waals surface area contributed by atoms with Gasteiger partial charge in [0.2, 0.25) is 5.76 Å². The fraction of sp³-hybridized carbons (Fsp3) is 0.318. The predicted molar refractivity (Wildman–Crippen MR) is 108 cm³/mol. The SMILES string of the molecule is CC(C)c1ccc(OC2=C(c3ccc(S(C)(=O)=O)cc3)C(C)(C)OC2=O)cc1. The van der Waals surface area contributed by atoms with Crippen LogP contribution < -0.4 is 4.74 Å². The second kappa shape index (κ2) is 7.09. The Kier molecular flexibility index (Phi) is 5.10. The Balaban J connectivity index is 2.02. The molecule has 0 N–H and O–H groups in total. The zero-order chi connectivity index (χ0) is 20.7. The van der Waals surface area contributed by atoms with Gasteiger partial charge in [0, 0.05) is 6.26 Å². The highest BCUT2D eigenvalue weighted by molar-refractivity contribution is 7.90. The first-order chi connectivity index (χ1) is 13.0. The van der Waals surface area contributed by atoms with Crippen LogP contribution >= 0.6 is 0 Å². The van der Waals surface area contributed by atoms with Crippen molar-refractivity contribution in [1.82, 2.24) is 0 Å². The van der Waals surface area contributed by atoms with Crippen molar-refractivity contribution in [3.8, 4) is 5.75 Å². The number of rotatable bonds is 5. The molecule has 0 aliphatic carbocycles. The molecule has 1 aliphatic heterocycles. The number of carbonyl (C=O) groups excluding carboxylic acids is 1. The molecule has 0 saturated heterocycles. The van der Waals surface area contributed by atoms with Crippen molar-refractivity contribution >= 4 is 21.4 Å². The van der Waals surface area contributed by atoms with E-state index in [1.54, 1.807) is 26.0 Å². The number of cyclic esters (lactones) is 1. The monoisotopic (exact) mass is 400 g/mol. The summed E-state index contributed by atoms with van der Waals surface area (Å²) in [7, 11) is -3.30. The number of ether oxygens (including phenoxy) is 2. The Morgan fingerprint density at radius 3 is 2.04 bits per heavy atom. The van der Waals surface area contributed by atoms with E-state index in [1.165, 1.54) is 17.7 Å². The van der Waals surface area contributed by atoms with E-state index in [1.807, 2.05) is 24.3 Å². The molecule has 6 heteroatoms. The maximum atomic E-state index is 12.5. The average molecular weight is 400 g/mol. The first kappa shape index (κ1) is 20.1. The van der Waals surface area contributed by atoms with Crippen LogP contribution in [0.4, 0.5) is 0 Å². The van der Waals surface area contributed by atoms with Gasteiger partial charge in [-0.1, -0.05) is 38.1 Å². The Morgan fingerprint density at radius 1 is 0.964 bits per heavy atom. The molecular formula is C22H24O5S. The van der Waals surface area contributed by atoms with Crippen molar-refractivity contribution in [2.24, 2.45) is 0 Å². The summed E-state index contributed by atoms with van der Waals surface area (Å²) in [5, 5.41) is 0. The van der Waals surface area contributed by atoms with E-state index in [0.29, 0.717) is 22.8 Å². The number of hydrogen-bond acceptors (Lipinski definition) is 5. The molecule has 2 aromatic carbocycles. The number of benzene rings is 2. The molecule has 28 heavy (non-hydrogen) atoms. The maximum absolute atomic E-state index is 12.5. The summed E-state index contributed by atoms with van der Waals surface area (Å²) >= 11 is 0. The van der Waals surface area contributed by atoms with E-state index in [-0.39, 0.29) is 10.7 Å². The van der Waals surface area contributed by atoms with Crippen LogP contribution in [0, 0.1) is 0 Å². The van der Waals surface area contributed by atoms with Crippen LogP contribution in [0.1, 0.15) is 44.7 Å². The highest BCUT2D eigenvalue weighted by Crippen LogP contribution is 2.40. The second-order valence-electron chi connectivity index (χ2n) is 7.73. The quantitative estimate of drug-likeness (QED) is 0.699. The molecular weight excluding hydrogens is 376 g/mol. The molecule has 0 unspecified atom stereocenters. The van der Waals surface area contributed by atoms with Crippen molar-refractivity contribution in [2.45, 2.75) is 44.1 Å². The summed E-state index contributed by atoms with van der Waals surface area (Å²) in [4.78, 5) is 12.7. The lowest BCUT2D eigenvalue weighted by Gasteiger charge is -2.21. The third-order valence-corrected chi connectivity index (χ3v) is 5.83. The van der Waals surface area contributed by atoms with Gasteiger partial charge in [0.05, 0.1) is 10.5 Å². The molecule has 0 radical (unpaired) electrons. The molecule has 0 atom stereocenters. The third kappa shape index (κ3) is 3.97. The van der Waals surface area contributed by atoms with Gasteiger partial charge < -0.3 is 9.47 Å². The van der Waals surface area contributed by atoms with E-state index in [4.69, 9.17) is 9.47 Å². The Morgan fingerprint density at radius 2 is 1.54 bits per heavy atom. The van der Waals surface area contributed by atoms with E-state index >= 15 is 0 Å². The average Bonchev–Trinajstić information content (AvgIpc) is 2.83. The summed E-state index contributed by atoms with van der Waals surface area (Å²) in [6.07, 6.45) is 1.16. The number of hydrogen-bond donors (Lipinski definition) is 0. The molecule has 0 aromatic heterocycles. The van der Waals surface area contributed by atoms with Crippen molar-refractivity contribution in [2.75, 3.05) is 6.26 Å². The fourth-order valence-electron chi connectivity index (χ4n) is 3.18. The summed E-state index contributed by atoms with van der Waals surface area (Å²) in [5.74, 6) is 0.515. The van der Waals surface area contributed by atoms with Gasteiger partial charge in [0.15, 0.2) is 9.84 Å². The minimum Gasteiger partial charge on any atom is -0.449 e. The summed E-state index contributed by atoms with van der Waals surface area (Å²) in [6.45, 7) is 7.77. The zero-order valence-corrected chi connectivity index (χ0v) is 17.5. The number of carbonyl (C=O) groups is 1. The lowest BCUT2D eigenvalue weighted by Crippen LogP contribution is -2.22. The number of sulfone groups is 1. The van der Waals surface area contributed by atoms with Gasteiger partial charge in [-0.3, -0.25) is 0 Å². The van der Waals surface area contributed by atoms with Crippen LogP contribution in [0.2, 0.25) is 0 Å². The Bertz CT molecular complexity index is 1030. The molecule has 148 valence electrons. The first-order valence-corrected chi connectivity index (χ1v) is 10.9. The maximum Gasteiger partial charge on any atom is 0.375 e. The van der Waals surface area contributed by atoms with E-state index in [9.17, 15) is 13.2 Å². The van der Waals surface area contributed by atoms with Gasteiger partial charge in [0.25, 0.3) is 0 Å². The van der Waals surface area contributed by atoms with Crippen molar-refractivity contribution in [1.29, 1.82) is 0 Å². The van der Waals surface area contributed by atoms with Crippen LogP contribution in [0.3, 0.4) is 0 Å². The molecule has 0 amide bonds. The highest BCUT2D eigenvalue weighted by atomic mass is 32.2. The van der Waals surface area contributed by atoms with Gasteiger partial charge >= 0.3 is 5.97 Å². The molecule has 1 heterocycles. The smallest absolute Gasteiger partial charge is 0.375 e. The van der Waals surface area contributed by atoms with Crippen LogP contribution in [0.15, 0.2) is 59.2 Å². The van der Waals surface area contributed by atoms with E-state index in [2.05, 4.69) is 13.8 Å². The fourth-order valence-corrected chi connectivity index (χ4v) is 3.81. The largest absolute Gasteiger partial charge is 0.449 e. The number of esters is 1. The first-order valence-electron chi connectivity index (χ1n) is 9.05.